The number of para-hydroxylation sites is 1. The highest BCUT2D eigenvalue weighted by molar-refractivity contribution is 6.68. The molecule has 1 heterocycles. The van der Waals surface area contributed by atoms with Gasteiger partial charge in [-0.1, -0.05) is 53.0 Å². The molecule has 102 valence electrons. The first kappa shape index (κ1) is 14.5. The first-order valence-corrected chi connectivity index (χ1v) is 6.72. The molecule has 0 atom stereocenters. The number of halogens is 3. The molecule has 6 heteroatoms. The highest BCUT2D eigenvalue weighted by Gasteiger charge is 2.44. The third-order valence-electron chi connectivity index (χ3n) is 2.82. The minimum atomic E-state index is -1.70. The lowest BCUT2D eigenvalue weighted by Crippen LogP contribution is -2.42. The van der Waals surface area contributed by atoms with Crippen LogP contribution in [0.5, 0.6) is 0 Å². The molecule has 2 rings (SSSR count). The van der Waals surface area contributed by atoms with E-state index in [2.05, 4.69) is 0 Å². The Morgan fingerprint density at radius 2 is 1.79 bits per heavy atom. The molecular formula is C13H12Cl3NO2. The molecule has 0 aliphatic rings. The Balaban J connectivity index is 2.31. The van der Waals surface area contributed by atoms with Crippen LogP contribution in [0.2, 0.25) is 0 Å². The smallest absolute Gasteiger partial charge is 0.419 e. The average Bonchev–Trinajstić information content (AvgIpc) is 2.70. The number of ether oxygens (including phenoxy) is 1. The van der Waals surface area contributed by atoms with E-state index in [0.717, 1.165) is 10.9 Å². The molecule has 1 aromatic carbocycles. The molecule has 0 unspecified atom stereocenters. The zero-order valence-electron chi connectivity index (χ0n) is 10.4. The van der Waals surface area contributed by atoms with Crippen LogP contribution >= 0.6 is 34.8 Å². The van der Waals surface area contributed by atoms with Gasteiger partial charge in [-0.05, 0) is 26.0 Å². The molecule has 0 aliphatic carbocycles. The number of hydrogen-bond donors (Lipinski definition) is 0. The molecule has 2 aromatic rings. The number of hydrogen-bond acceptors (Lipinski definition) is 2. The van der Waals surface area contributed by atoms with Crippen molar-refractivity contribution in [3.63, 3.8) is 0 Å². The van der Waals surface area contributed by atoms with E-state index in [-0.39, 0.29) is 0 Å². The average molecular weight is 321 g/mol. The molecule has 0 radical (unpaired) electrons. The fourth-order valence-electron chi connectivity index (χ4n) is 1.57. The van der Waals surface area contributed by atoms with Crippen molar-refractivity contribution in [1.82, 2.24) is 4.57 Å². The normalized spacial score (nSPS) is 12.7. The second kappa shape index (κ2) is 4.89. The predicted molar refractivity (Wildman–Crippen MR) is 78.2 cm³/mol. The number of aromatic nitrogens is 1. The molecule has 3 nitrogen and oxygen atoms in total. The van der Waals surface area contributed by atoms with Crippen molar-refractivity contribution >= 4 is 51.8 Å². The quantitative estimate of drug-likeness (QED) is 0.708. The molecule has 0 saturated carbocycles. The van der Waals surface area contributed by atoms with Crippen LogP contribution in [0.15, 0.2) is 36.5 Å². The Hall–Kier alpha value is -0.900. The summed E-state index contributed by atoms with van der Waals surface area (Å²) < 4.78 is 4.96. The third-order valence-corrected chi connectivity index (χ3v) is 4.19. The maximum atomic E-state index is 12.1. The lowest BCUT2D eigenvalue weighted by molar-refractivity contribution is 0.0433. The van der Waals surface area contributed by atoms with Gasteiger partial charge in [-0.3, -0.25) is 4.57 Å². The Labute approximate surface area is 126 Å². The van der Waals surface area contributed by atoms with E-state index >= 15 is 0 Å². The van der Waals surface area contributed by atoms with Crippen molar-refractivity contribution < 1.29 is 9.53 Å². The van der Waals surface area contributed by atoms with E-state index in [1.165, 1.54) is 4.57 Å². The minimum Gasteiger partial charge on any atom is -0.438 e. The zero-order chi connectivity index (χ0) is 14.3. The zero-order valence-corrected chi connectivity index (χ0v) is 12.6. The first-order valence-electron chi connectivity index (χ1n) is 5.58. The molecule has 0 aliphatic heterocycles. The summed E-state index contributed by atoms with van der Waals surface area (Å²) in [4.78, 5) is 12.1. The van der Waals surface area contributed by atoms with Crippen molar-refractivity contribution in [1.29, 1.82) is 0 Å². The van der Waals surface area contributed by atoms with Crippen LogP contribution in [0, 0.1) is 0 Å². The summed E-state index contributed by atoms with van der Waals surface area (Å²) in [6.45, 7) is 3.09. The number of alkyl halides is 3. The maximum absolute atomic E-state index is 12.1. The van der Waals surface area contributed by atoms with Gasteiger partial charge in [0.2, 0.25) is 3.79 Å². The van der Waals surface area contributed by atoms with Crippen LogP contribution in [0.4, 0.5) is 4.79 Å². The summed E-state index contributed by atoms with van der Waals surface area (Å²) in [6, 6.07) is 9.27. The van der Waals surface area contributed by atoms with Crippen molar-refractivity contribution in [2.75, 3.05) is 0 Å². The van der Waals surface area contributed by atoms with Crippen molar-refractivity contribution in [3.05, 3.63) is 36.5 Å². The van der Waals surface area contributed by atoms with Crippen LogP contribution < -0.4 is 0 Å². The van der Waals surface area contributed by atoms with Gasteiger partial charge < -0.3 is 4.74 Å². The third kappa shape index (κ3) is 2.83. The maximum Gasteiger partial charge on any atom is 0.419 e. The standard InChI is InChI=1S/C13H12Cl3NO2/c1-12(2,13(14,15)16)19-11(18)17-8-7-9-5-3-4-6-10(9)17/h3-8H,1-2H3. The molecule has 0 fully saturated rings. The Morgan fingerprint density at radius 1 is 1.16 bits per heavy atom. The van der Waals surface area contributed by atoms with E-state index in [1.54, 1.807) is 20.0 Å². The molecular weight excluding hydrogens is 309 g/mol. The van der Waals surface area contributed by atoms with Crippen molar-refractivity contribution in [2.24, 2.45) is 0 Å². The van der Waals surface area contributed by atoms with Gasteiger partial charge in [-0.15, -0.1) is 0 Å². The van der Waals surface area contributed by atoms with Crippen molar-refractivity contribution in [2.45, 2.75) is 23.2 Å². The minimum absolute atomic E-state index is 0.586. The largest absolute Gasteiger partial charge is 0.438 e. The monoisotopic (exact) mass is 319 g/mol. The van der Waals surface area contributed by atoms with Crippen LogP contribution in [0.25, 0.3) is 10.9 Å². The molecule has 0 bridgehead atoms. The molecule has 0 saturated heterocycles. The summed E-state index contributed by atoms with van der Waals surface area (Å²) in [5.41, 5.74) is -0.493. The SMILES string of the molecule is CC(C)(OC(=O)n1ccc2ccccc21)C(Cl)(Cl)Cl. The van der Waals surface area contributed by atoms with Gasteiger partial charge >= 0.3 is 6.09 Å². The van der Waals surface area contributed by atoms with Crippen LogP contribution in [0.3, 0.4) is 0 Å². The highest BCUT2D eigenvalue weighted by atomic mass is 35.6. The lowest BCUT2D eigenvalue weighted by Gasteiger charge is -2.31. The topological polar surface area (TPSA) is 31.2 Å². The highest BCUT2D eigenvalue weighted by Crippen LogP contribution is 2.40. The Bertz CT molecular complexity index is 614. The molecule has 0 N–H and O–H groups in total. The first-order chi connectivity index (χ1) is 8.72. The summed E-state index contributed by atoms with van der Waals surface area (Å²) >= 11 is 17.4. The van der Waals surface area contributed by atoms with E-state index in [9.17, 15) is 4.79 Å². The number of carbonyl (C=O) groups is 1. The van der Waals surface area contributed by atoms with Crippen molar-refractivity contribution in [3.8, 4) is 0 Å². The van der Waals surface area contributed by atoms with Gasteiger partial charge in [0.05, 0.1) is 5.52 Å². The van der Waals surface area contributed by atoms with E-state index in [1.807, 2.05) is 30.3 Å². The summed E-state index contributed by atoms with van der Waals surface area (Å²) in [7, 11) is 0. The van der Waals surface area contributed by atoms with Crippen LogP contribution in [-0.4, -0.2) is 20.1 Å². The van der Waals surface area contributed by atoms with E-state index in [4.69, 9.17) is 39.5 Å². The van der Waals surface area contributed by atoms with Crippen LogP contribution in [-0.2, 0) is 4.74 Å². The number of rotatable bonds is 1. The molecule has 0 spiro atoms. The molecule has 19 heavy (non-hydrogen) atoms. The molecule has 1 aromatic heterocycles. The second-order valence-electron chi connectivity index (χ2n) is 4.62. The van der Waals surface area contributed by atoms with Gasteiger partial charge in [-0.2, -0.15) is 0 Å². The summed E-state index contributed by atoms with van der Waals surface area (Å²) in [6.07, 6.45) is 1.04. The van der Waals surface area contributed by atoms with E-state index < -0.39 is 15.5 Å². The summed E-state index contributed by atoms with van der Waals surface area (Å²) in [5.74, 6) is 0. The molecule has 0 amide bonds. The lowest BCUT2D eigenvalue weighted by atomic mass is 10.2. The van der Waals surface area contributed by atoms with Gasteiger partial charge in [0, 0.05) is 11.6 Å². The van der Waals surface area contributed by atoms with Gasteiger partial charge in [0.25, 0.3) is 0 Å². The fourth-order valence-corrected chi connectivity index (χ4v) is 1.68. The number of carbonyl (C=O) groups excluding carboxylic acids is 1. The second-order valence-corrected chi connectivity index (χ2v) is 6.90. The Morgan fingerprint density at radius 3 is 2.42 bits per heavy atom. The fraction of sp³-hybridized carbons (Fsp3) is 0.308. The van der Waals surface area contributed by atoms with Gasteiger partial charge in [0.1, 0.15) is 0 Å². The van der Waals surface area contributed by atoms with E-state index in [0.29, 0.717) is 0 Å². The van der Waals surface area contributed by atoms with Gasteiger partial charge in [0.15, 0.2) is 5.60 Å². The number of nitrogens with zero attached hydrogens (tertiary/aromatic N) is 1. The predicted octanol–water partition coefficient (Wildman–Crippen LogP) is 4.77. The number of benzene rings is 1. The van der Waals surface area contributed by atoms with Crippen LogP contribution in [0.1, 0.15) is 13.8 Å². The number of fused-ring (bicyclic) bond motifs is 1. The summed E-state index contributed by atoms with van der Waals surface area (Å²) in [5, 5.41) is 0.936. The van der Waals surface area contributed by atoms with Gasteiger partial charge in [-0.25, -0.2) is 4.79 Å². The Kier molecular flexibility index (Phi) is 3.74.